The molecular weight excluding hydrogens is 316 g/mol. The molecule has 0 fully saturated rings. The summed E-state index contributed by atoms with van der Waals surface area (Å²) in [7, 11) is 0. The molecule has 0 aliphatic carbocycles. The van der Waals surface area contributed by atoms with Crippen molar-refractivity contribution in [3.63, 3.8) is 0 Å². The average Bonchev–Trinajstić information content (AvgIpc) is 2.95. The lowest BCUT2D eigenvalue weighted by Gasteiger charge is -2.26. The second-order valence-corrected chi connectivity index (χ2v) is 6.41. The molecule has 1 amide bonds. The molecule has 25 heavy (non-hydrogen) atoms. The Morgan fingerprint density at radius 2 is 1.84 bits per heavy atom. The molecule has 1 aromatic carbocycles. The van der Waals surface area contributed by atoms with Crippen LogP contribution in [0.4, 0.5) is 0 Å². The molecule has 1 N–H and O–H groups in total. The lowest BCUT2D eigenvalue weighted by molar-refractivity contribution is 0.0906. The molecule has 0 spiro atoms. The molecule has 2 aromatic heterocycles. The number of aryl methyl sites for hydroxylation is 2. The number of hydrogen-bond acceptors (Lipinski definition) is 5. The maximum absolute atomic E-state index is 12.7. The zero-order chi connectivity index (χ0) is 18.0. The molecule has 0 unspecified atom stereocenters. The highest BCUT2D eigenvalue weighted by atomic mass is 16.5. The Morgan fingerprint density at radius 3 is 2.48 bits per heavy atom. The van der Waals surface area contributed by atoms with Crippen LogP contribution in [0.5, 0.6) is 0 Å². The Labute approximate surface area is 146 Å². The number of carbonyl (C=O) groups is 1. The van der Waals surface area contributed by atoms with Gasteiger partial charge in [0.15, 0.2) is 5.82 Å². The van der Waals surface area contributed by atoms with Crippen LogP contribution in [-0.4, -0.2) is 21.0 Å². The summed E-state index contributed by atoms with van der Waals surface area (Å²) in [5, 5.41) is 6.97. The van der Waals surface area contributed by atoms with Gasteiger partial charge in [-0.3, -0.25) is 4.79 Å². The van der Waals surface area contributed by atoms with Gasteiger partial charge in [-0.15, -0.1) is 0 Å². The Hall–Kier alpha value is -3.02. The van der Waals surface area contributed by atoms with Crippen LogP contribution in [0.3, 0.4) is 0 Å². The molecule has 0 saturated heterocycles. The second kappa shape index (κ2) is 6.47. The van der Waals surface area contributed by atoms with Gasteiger partial charge in [-0.05, 0) is 33.8 Å². The van der Waals surface area contributed by atoms with E-state index in [0.717, 1.165) is 16.8 Å². The van der Waals surface area contributed by atoms with E-state index in [1.807, 2.05) is 58.0 Å². The van der Waals surface area contributed by atoms with Gasteiger partial charge >= 0.3 is 0 Å². The molecule has 128 valence electrons. The molecule has 0 radical (unpaired) electrons. The van der Waals surface area contributed by atoms with Gasteiger partial charge in [0.1, 0.15) is 11.5 Å². The summed E-state index contributed by atoms with van der Waals surface area (Å²) in [5.41, 5.74) is 2.17. The van der Waals surface area contributed by atoms with Crippen LogP contribution in [0.1, 0.15) is 41.4 Å². The minimum absolute atomic E-state index is 0.274. The largest absolute Gasteiger partial charge is 0.361 e. The monoisotopic (exact) mass is 336 g/mol. The van der Waals surface area contributed by atoms with E-state index in [-0.39, 0.29) is 5.91 Å². The molecule has 3 aromatic rings. The van der Waals surface area contributed by atoms with E-state index in [1.54, 1.807) is 12.3 Å². The number of benzene rings is 1. The van der Waals surface area contributed by atoms with Gasteiger partial charge < -0.3 is 9.84 Å². The van der Waals surface area contributed by atoms with Crippen LogP contribution in [0.15, 0.2) is 47.1 Å². The van der Waals surface area contributed by atoms with Crippen LogP contribution in [-0.2, 0) is 5.54 Å². The van der Waals surface area contributed by atoms with Crippen molar-refractivity contribution in [3.05, 3.63) is 65.3 Å². The summed E-state index contributed by atoms with van der Waals surface area (Å²) < 4.78 is 5.22. The van der Waals surface area contributed by atoms with Gasteiger partial charge in [0.25, 0.3) is 5.91 Å². The van der Waals surface area contributed by atoms with E-state index in [9.17, 15) is 4.79 Å². The average molecular weight is 336 g/mol. The zero-order valence-corrected chi connectivity index (χ0v) is 14.7. The summed E-state index contributed by atoms with van der Waals surface area (Å²) in [6, 6.07) is 11.2. The lowest BCUT2D eigenvalue weighted by atomic mass is 9.92. The summed E-state index contributed by atoms with van der Waals surface area (Å²) in [5.74, 6) is 0.934. The van der Waals surface area contributed by atoms with Crippen molar-refractivity contribution in [2.24, 2.45) is 0 Å². The smallest absolute Gasteiger partial charge is 0.270 e. The highest BCUT2D eigenvalue weighted by molar-refractivity contribution is 5.93. The Bertz CT molecular complexity index is 881. The first-order valence-corrected chi connectivity index (χ1v) is 8.03. The number of amides is 1. The van der Waals surface area contributed by atoms with Gasteiger partial charge in [0, 0.05) is 17.3 Å². The molecule has 0 atom stereocenters. The SMILES string of the molecule is Cc1noc(C)c1C(C)(C)NC(=O)c1ccnc(-c2ccccc2)n1. The van der Waals surface area contributed by atoms with Crippen molar-refractivity contribution in [1.82, 2.24) is 20.4 Å². The van der Waals surface area contributed by atoms with Crippen molar-refractivity contribution in [1.29, 1.82) is 0 Å². The number of hydrogen-bond donors (Lipinski definition) is 1. The Kier molecular flexibility index (Phi) is 4.35. The quantitative estimate of drug-likeness (QED) is 0.789. The number of rotatable bonds is 4. The van der Waals surface area contributed by atoms with Crippen molar-refractivity contribution in [2.75, 3.05) is 0 Å². The Balaban J connectivity index is 1.87. The topological polar surface area (TPSA) is 80.9 Å². The number of carbonyl (C=O) groups excluding carboxylic acids is 1. The van der Waals surface area contributed by atoms with Crippen LogP contribution >= 0.6 is 0 Å². The fourth-order valence-electron chi connectivity index (χ4n) is 3.00. The highest BCUT2D eigenvalue weighted by Gasteiger charge is 2.30. The van der Waals surface area contributed by atoms with E-state index < -0.39 is 5.54 Å². The normalized spacial score (nSPS) is 11.4. The van der Waals surface area contributed by atoms with Gasteiger partial charge in [-0.25, -0.2) is 9.97 Å². The van der Waals surface area contributed by atoms with E-state index in [0.29, 0.717) is 17.3 Å². The maximum Gasteiger partial charge on any atom is 0.270 e. The molecule has 2 heterocycles. The van der Waals surface area contributed by atoms with E-state index in [1.165, 1.54) is 0 Å². The van der Waals surface area contributed by atoms with Gasteiger partial charge in [0.2, 0.25) is 0 Å². The third-order valence-corrected chi connectivity index (χ3v) is 4.00. The predicted octanol–water partition coefficient (Wildman–Crippen LogP) is 3.41. The second-order valence-electron chi connectivity index (χ2n) is 6.41. The molecule has 0 aliphatic heterocycles. The molecule has 6 nitrogen and oxygen atoms in total. The molecule has 3 rings (SSSR count). The summed E-state index contributed by atoms with van der Waals surface area (Å²) >= 11 is 0. The Morgan fingerprint density at radius 1 is 1.12 bits per heavy atom. The number of nitrogens with zero attached hydrogens (tertiary/aromatic N) is 3. The fourth-order valence-corrected chi connectivity index (χ4v) is 3.00. The molecule has 0 aliphatic rings. The van der Waals surface area contributed by atoms with Crippen LogP contribution < -0.4 is 5.32 Å². The summed E-state index contributed by atoms with van der Waals surface area (Å²) in [6.45, 7) is 7.52. The molecular formula is C19H20N4O2. The maximum atomic E-state index is 12.7. The summed E-state index contributed by atoms with van der Waals surface area (Å²) in [6.07, 6.45) is 1.59. The number of nitrogens with one attached hydrogen (secondary N) is 1. The van der Waals surface area contributed by atoms with Crippen LogP contribution in [0.25, 0.3) is 11.4 Å². The van der Waals surface area contributed by atoms with Crippen molar-refractivity contribution in [2.45, 2.75) is 33.2 Å². The van der Waals surface area contributed by atoms with Gasteiger partial charge in [-0.1, -0.05) is 35.5 Å². The van der Waals surface area contributed by atoms with Crippen LogP contribution in [0.2, 0.25) is 0 Å². The van der Waals surface area contributed by atoms with Crippen molar-refractivity contribution in [3.8, 4) is 11.4 Å². The molecule has 0 saturated carbocycles. The van der Waals surface area contributed by atoms with Crippen LogP contribution in [0, 0.1) is 13.8 Å². The third-order valence-electron chi connectivity index (χ3n) is 4.00. The van der Waals surface area contributed by atoms with Crippen molar-refractivity contribution < 1.29 is 9.32 Å². The molecule has 6 heteroatoms. The first kappa shape index (κ1) is 16.8. The lowest BCUT2D eigenvalue weighted by Crippen LogP contribution is -2.42. The molecule has 0 bridgehead atoms. The van der Waals surface area contributed by atoms with E-state index in [4.69, 9.17) is 4.52 Å². The zero-order valence-electron chi connectivity index (χ0n) is 14.7. The first-order valence-electron chi connectivity index (χ1n) is 8.03. The standard InChI is InChI=1S/C19H20N4O2/c1-12-16(13(2)25-23-12)19(3,4)22-18(24)15-10-11-20-17(21-15)14-8-6-5-7-9-14/h5-11H,1-4H3,(H,22,24). The van der Waals surface area contributed by atoms with Gasteiger partial charge in [-0.2, -0.15) is 0 Å². The van der Waals surface area contributed by atoms with E-state index in [2.05, 4.69) is 20.4 Å². The third kappa shape index (κ3) is 3.42. The first-order chi connectivity index (χ1) is 11.9. The fraction of sp³-hybridized carbons (Fsp3) is 0.263. The van der Waals surface area contributed by atoms with E-state index >= 15 is 0 Å². The summed E-state index contributed by atoms with van der Waals surface area (Å²) in [4.78, 5) is 21.4. The van der Waals surface area contributed by atoms with Crippen molar-refractivity contribution >= 4 is 5.91 Å². The predicted molar refractivity (Wildman–Crippen MR) is 93.9 cm³/mol. The number of aromatic nitrogens is 3. The minimum Gasteiger partial charge on any atom is -0.361 e. The minimum atomic E-state index is -0.636. The van der Waals surface area contributed by atoms with Gasteiger partial charge in [0.05, 0.1) is 11.2 Å². The highest BCUT2D eigenvalue weighted by Crippen LogP contribution is 2.27.